The van der Waals surface area contributed by atoms with Crippen LogP contribution < -0.4 is 0 Å². The Morgan fingerprint density at radius 2 is 1.95 bits per heavy atom. The van der Waals surface area contributed by atoms with Gasteiger partial charge in [0, 0.05) is 18.3 Å². The lowest BCUT2D eigenvalue weighted by molar-refractivity contribution is -0.384. The lowest BCUT2D eigenvalue weighted by Crippen LogP contribution is -2.24. The number of hydrogen-bond acceptors (Lipinski definition) is 4. The minimum atomic E-state index is -1.76. The maximum atomic E-state index is 10.5. The first-order valence-electron chi connectivity index (χ1n) is 5.60. The second-order valence-corrected chi connectivity index (χ2v) is 9.42. The van der Waals surface area contributed by atoms with Crippen LogP contribution in [0, 0.1) is 10.1 Å². The standard InChI is InChI=1S/C12H15ClN2O3Si/c1-19(2,3)18-12(8-13)14-9-10-4-6-11(7-5-10)15(16)17/h4-9H,1-3H3/b12-8-,14-9+. The van der Waals surface area contributed by atoms with Gasteiger partial charge in [0.1, 0.15) is 0 Å². The molecule has 7 heteroatoms. The zero-order chi connectivity index (χ0) is 14.5. The molecule has 0 aliphatic heterocycles. The third-order valence-electron chi connectivity index (χ3n) is 1.95. The Kier molecular flexibility index (Phi) is 5.26. The fraction of sp³-hybridized carbons (Fsp3) is 0.250. The summed E-state index contributed by atoms with van der Waals surface area (Å²) in [6, 6.07) is 6.07. The minimum Gasteiger partial charge on any atom is -0.531 e. The van der Waals surface area contributed by atoms with E-state index in [1.165, 1.54) is 17.7 Å². The van der Waals surface area contributed by atoms with Crippen molar-refractivity contribution < 1.29 is 9.35 Å². The summed E-state index contributed by atoms with van der Waals surface area (Å²) < 4.78 is 5.63. The van der Waals surface area contributed by atoms with E-state index in [1.807, 2.05) is 19.6 Å². The molecule has 19 heavy (non-hydrogen) atoms. The van der Waals surface area contributed by atoms with E-state index in [2.05, 4.69) is 4.99 Å². The molecular weight excluding hydrogens is 284 g/mol. The lowest BCUT2D eigenvalue weighted by Gasteiger charge is -2.18. The molecule has 0 N–H and O–H groups in total. The smallest absolute Gasteiger partial charge is 0.269 e. The predicted octanol–water partition coefficient (Wildman–Crippen LogP) is 3.90. The minimum absolute atomic E-state index is 0.0450. The molecule has 0 fully saturated rings. The molecular formula is C12H15ClN2O3Si. The second kappa shape index (κ2) is 6.49. The Bertz CT molecular complexity index is 507. The third kappa shape index (κ3) is 5.67. The Labute approximate surface area is 117 Å². The van der Waals surface area contributed by atoms with Crippen LogP contribution in [0.25, 0.3) is 0 Å². The Hall–Kier alpha value is -1.66. The molecule has 102 valence electrons. The maximum absolute atomic E-state index is 10.5. The van der Waals surface area contributed by atoms with E-state index in [-0.39, 0.29) is 5.69 Å². The summed E-state index contributed by atoms with van der Waals surface area (Å²) in [7, 11) is -1.76. The van der Waals surface area contributed by atoms with E-state index < -0.39 is 13.2 Å². The highest BCUT2D eigenvalue weighted by Gasteiger charge is 2.17. The number of hydrogen-bond donors (Lipinski definition) is 0. The first-order valence-corrected chi connectivity index (χ1v) is 9.44. The van der Waals surface area contributed by atoms with E-state index in [9.17, 15) is 10.1 Å². The van der Waals surface area contributed by atoms with Crippen LogP contribution in [0.15, 0.2) is 40.7 Å². The summed E-state index contributed by atoms with van der Waals surface area (Å²) >= 11 is 5.64. The SMILES string of the molecule is C[Si](C)(C)OC(=C\Cl)/N=C/c1ccc([N+](=O)[O-])cc1. The van der Waals surface area contributed by atoms with Gasteiger partial charge in [-0.05, 0) is 37.3 Å². The molecule has 0 saturated heterocycles. The summed E-state index contributed by atoms with van der Waals surface area (Å²) in [4.78, 5) is 14.2. The van der Waals surface area contributed by atoms with Gasteiger partial charge in [-0.1, -0.05) is 11.6 Å². The molecule has 0 atom stereocenters. The van der Waals surface area contributed by atoms with Gasteiger partial charge in [0.25, 0.3) is 5.69 Å². The van der Waals surface area contributed by atoms with Crippen molar-refractivity contribution >= 4 is 31.8 Å². The van der Waals surface area contributed by atoms with Crippen molar-refractivity contribution in [1.29, 1.82) is 0 Å². The van der Waals surface area contributed by atoms with Gasteiger partial charge in [0.05, 0.1) is 10.5 Å². The highest BCUT2D eigenvalue weighted by atomic mass is 35.5. The van der Waals surface area contributed by atoms with Gasteiger partial charge >= 0.3 is 0 Å². The first kappa shape index (κ1) is 15.4. The van der Waals surface area contributed by atoms with Crippen LogP contribution in [0.4, 0.5) is 5.69 Å². The maximum Gasteiger partial charge on any atom is 0.269 e. The molecule has 0 spiro atoms. The van der Waals surface area contributed by atoms with E-state index in [1.54, 1.807) is 18.3 Å². The zero-order valence-corrected chi connectivity index (χ0v) is 12.7. The van der Waals surface area contributed by atoms with Crippen molar-refractivity contribution in [1.82, 2.24) is 0 Å². The summed E-state index contributed by atoms with van der Waals surface area (Å²) in [5.74, 6) is 0.346. The number of nitro groups is 1. The zero-order valence-electron chi connectivity index (χ0n) is 11.0. The number of nitro benzene ring substituents is 1. The topological polar surface area (TPSA) is 64.7 Å². The van der Waals surface area contributed by atoms with Crippen LogP contribution in [0.5, 0.6) is 0 Å². The molecule has 1 aromatic carbocycles. The molecule has 5 nitrogen and oxygen atoms in total. The summed E-state index contributed by atoms with van der Waals surface area (Å²) in [5, 5.41) is 10.5. The van der Waals surface area contributed by atoms with Crippen LogP contribution in [-0.4, -0.2) is 19.5 Å². The second-order valence-electron chi connectivity index (χ2n) is 4.77. The van der Waals surface area contributed by atoms with E-state index in [4.69, 9.17) is 16.0 Å². The van der Waals surface area contributed by atoms with Crippen LogP contribution in [0.2, 0.25) is 19.6 Å². The van der Waals surface area contributed by atoms with Gasteiger partial charge < -0.3 is 4.43 Å². The average Bonchev–Trinajstić information content (AvgIpc) is 2.33. The van der Waals surface area contributed by atoms with Gasteiger partial charge in [0.15, 0.2) is 0 Å². The van der Waals surface area contributed by atoms with Crippen molar-refractivity contribution in [3.05, 3.63) is 51.4 Å². The van der Waals surface area contributed by atoms with Crippen LogP contribution >= 0.6 is 11.6 Å². The van der Waals surface area contributed by atoms with Gasteiger partial charge in [-0.2, -0.15) is 0 Å². The Balaban J connectivity index is 2.77. The monoisotopic (exact) mass is 298 g/mol. The van der Waals surface area contributed by atoms with Crippen molar-refractivity contribution in [2.24, 2.45) is 4.99 Å². The molecule has 0 aliphatic carbocycles. The number of rotatable bonds is 5. The quantitative estimate of drug-likeness (QED) is 0.272. The lowest BCUT2D eigenvalue weighted by atomic mass is 10.2. The highest BCUT2D eigenvalue weighted by molar-refractivity contribution is 6.70. The van der Waals surface area contributed by atoms with Crippen molar-refractivity contribution in [2.75, 3.05) is 0 Å². The van der Waals surface area contributed by atoms with Gasteiger partial charge in [0.2, 0.25) is 14.2 Å². The van der Waals surface area contributed by atoms with Gasteiger partial charge in [-0.3, -0.25) is 10.1 Å². The molecule has 0 saturated carbocycles. The normalized spacial score (nSPS) is 12.7. The number of non-ortho nitro benzene ring substituents is 1. The molecule has 0 unspecified atom stereocenters. The van der Waals surface area contributed by atoms with Crippen molar-refractivity contribution in [3.63, 3.8) is 0 Å². The van der Waals surface area contributed by atoms with Gasteiger partial charge in [-0.25, -0.2) is 4.99 Å². The molecule has 0 amide bonds. The Morgan fingerprint density at radius 3 is 2.37 bits per heavy atom. The molecule has 0 radical (unpaired) electrons. The predicted molar refractivity (Wildman–Crippen MR) is 79.1 cm³/mol. The summed E-state index contributed by atoms with van der Waals surface area (Å²) in [6.45, 7) is 6.07. The highest BCUT2D eigenvalue weighted by Crippen LogP contribution is 2.14. The molecule has 0 aromatic heterocycles. The fourth-order valence-electron chi connectivity index (χ4n) is 1.21. The number of halogens is 1. The molecule has 0 aliphatic rings. The summed E-state index contributed by atoms with van der Waals surface area (Å²) in [5.41, 5.74) is 2.06. The van der Waals surface area contributed by atoms with Crippen molar-refractivity contribution in [3.8, 4) is 0 Å². The largest absolute Gasteiger partial charge is 0.531 e. The fourth-order valence-corrected chi connectivity index (χ4v) is 2.13. The van der Waals surface area contributed by atoms with Crippen LogP contribution in [0.3, 0.4) is 0 Å². The van der Waals surface area contributed by atoms with Crippen LogP contribution in [0.1, 0.15) is 5.56 Å². The van der Waals surface area contributed by atoms with Gasteiger partial charge in [-0.15, -0.1) is 0 Å². The molecule has 1 aromatic rings. The van der Waals surface area contributed by atoms with Crippen molar-refractivity contribution in [2.45, 2.75) is 19.6 Å². The third-order valence-corrected chi connectivity index (χ3v) is 2.96. The Morgan fingerprint density at radius 1 is 1.37 bits per heavy atom. The van der Waals surface area contributed by atoms with E-state index in [0.29, 0.717) is 5.88 Å². The molecule has 0 bridgehead atoms. The number of aliphatic imine (C=N–C) groups is 1. The van der Waals surface area contributed by atoms with Crippen LogP contribution in [-0.2, 0) is 4.43 Å². The number of benzene rings is 1. The summed E-state index contributed by atoms with van der Waals surface area (Å²) in [6.07, 6.45) is 1.55. The van der Waals surface area contributed by atoms with E-state index in [0.717, 1.165) is 5.56 Å². The number of nitrogens with zero attached hydrogens (tertiary/aromatic N) is 2. The first-order chi connectivity index (χ1) is 8.81. The van der Waals surface area contributed by atoms with E-state index >= 15 is 0 Å². The average molecular weight is 299 g/mol. The molecule has 0 heterocycles. The molecule has 1 rings (SSSR count).